The normalized spacial score (nSPS) is 12.5. The first kappa shape index (κ1) is 53.5. The zero-order valence-corrected chi connectivity index (χ0v) is 41.4. The first-order chi connectivity index (χ1) is 33.0. The maximum absolute atomic E-state index is 13.6. The third-order valence-electron chi connectivity index (χ3n) is 9.75. The number of rotatable bonds is 21. The van der Waals surface area contributed by atoms with Gasteiger partial charge in [-0.25, -0.2) is 0 Å². The van der Waals surface area contributed by atoms with Gasteiger partial charge in [-0.2, -0.15) is 20.5 Å². The molecule has 0 aliphatic heterocycles. The number of nitrogens with one attached hydrogen (secondary N) is 4. The standard InChI is InChI=1S/C48H45Cl5N8O8/c1-6-68-41-18-28(23-49)8-15-37(41)56-45(64)30-10-13-34(52)39(20-30)58-60-43(26(4)62)47(66)54-32-12-17-36(33(22-32)25(3)51)55-48(67)44(27(5)63)61-59-40-21-31(11-14-35(40)53)46(65)57-38-16-9-29(24-50)19-42(38)69-7-2/h8-22,25,43-44H,6-7,23-24H2,1-5H3,(H,54,66)(H,55,67)(H,56,64)(H,57,65). The number of alkyl halides is 3. The van der Waals surface area contributed by atoms with E-state index in [2.05, 4.69) is 41.7 Å². The van der Waals surface area contributed by atoms with Crippen molar-refractivity contribution in [3.63, 3.8) is 0 Å². The number of ketones is 2. The van der Waals surface area contributed by atoms with Crippen LogP contribution in [0.3, 0.4) is 0 Å². The summed E-state index contributed by atoms with van der Waals surface area (Å²) >= 11 is 31.2. The second-order valence-corrected chi connectivity index (χ2v) is 16.9. The molecule has 5 aromatic carbocycles. The van der Waals surface area contributed by atoms with Gasteiger partial charge in [-0.05, 0) is 130 Å². The van der Waals surface area contributed by atoms with Gasteiger partial charge in [-0.15, -0.1) is 34.8 Å². The summed E-state index contributed by atoms with van der Waals surface area (Å²) in [5.74, 6) is -2.74. The van der Waals surface area contributed by atoms with E-state index in [0.717, 1.165) is 25.0 Å². The monoisotopic (exact) mass is 1040 g/mol. The van der Waals surface area contributed by atoms with Gasteiger partial charge in [0.25, 0.3) is 23.6 Å². The maximum Gasteiger partial charge on any atom is 0.258 e. The summed E-state index contributed by atoms with van der Waals surface area (Å²) in [6.07, 6.45) is 0. The Balaban J connectivity index is 1.28. The number of halogens is 5. The first-order valence-corrected chi connectivity index (χ1v) is 23.3. The van der Waals surface area contributed by atoms with Crippen LogP contribution in [0, 0.1) is 0 Å². The molecule has 5 rings (SSSR count). The Kier molecular flexibility index (Phi) is 19.6. The second kappa shape index (κ2) is 25.3. The van der Waals surface area contributed by atoms with Gasteiger partial charge >= 0.3 is 0 Å². The minimum Gasteiger partial charge on any atom is -0.492 e. The molecule has 0 saturated heterocycles. The predicted octanol–water partition coefficient (Wildman–Crippen LogP) is 12.4. The highest BCUT2D eigenvalue weighted by Gasteiger charge is 2.27. The van der Waals surface area contributed by atoms with Gasteiger partial charge in [0.05, 0.1) is 40.0 Å². The van der Waals surface area contributed by atoms with Gasteiger partial charge in [0.2, 0.25) is 12.1 Å². The van der Waals surface area contributed by atoms with Crippen molar-refractivity contribution in [1.82, 2.24) is 0 Å². The Morgan fingerprint density at radius 2 is 1.00 bits per heavy atom. The first-order valence-electron chi connectivity index (χ1n) is 21.0. The molecule has 0 saturated carbocycles. The van der Waals surface area contributed by atoms with Crippen LogP contribution in [-0.4, -0.2) is 60.5 Å². The van der Waals surface area contributed by atoms with Gasteiger partial charge < -0.3 is 30.7 Å². The molecule has 3 atom stereocenters. The summed E-state index contributed by atoms with van der Waals surface area (Å²) in [5.41, 5.74) is 3.38. The van der Waals surface area contributed by atoms with Crippen LogP contribution >= 0.6 is 58.0 Å². The van der Waals surface area contributed by atoms with Crippen molar-refractivity contribution >= 4 is 127 Å². The van der Waals surface area contributed by atoms with Crippen LogP contribution < -0.4 is 30.7 Å². The number of amides is 4. The number of benzene rings is 5. The number of hydrogen-bond acceptors (Lipinski definition) is 12. The summed E-state index contributed by atoms with van der Waals surface area (Å²) in [6.45, 7) is 8.22. The molecule has 3 unspecified atom stereocenters. The molecule has 0 aliphatic carbocycles. The Morgan fingerprint density at radius 3 is 1.41 bits per heavy atom. The third-order valence-corrected chi connectivity index (χ3v) is 11.2. The number of carbonyl (C=O) groups excluding carboxylic acids is 6. The summed E-state index contributed by atoms with van der Waals surface area (Å²) in [6, 6.07) is 19.8. The summed E-state index contributed by atoms with van der Waals surface area (Å²) < 4.78 is 11.3. The number of azo groups is 2. The molecule has 0 bridgehead atoms. The zero-order valence-electron chi connectivity index (χ0n) is 37.7. The summed E-state index contributed by atoms with van der Waals surface area (Å²) in [7, 11) is 0. The molecule has 0 heterocycles. The lowest BCUT2D eigenvalue weighted by molar-refractivity contribution is -0.127. The van der Waals surface area contributed by atoms with Crippen molar-refractivity contribution in [3.05, 3.63) is 129 Å². The molecule has 16 nitrogen and oxygen atoms in total. The van der Waals surface area contributed by atoms with Crippen LogP contribution in [0.25, 0.3) is 0 Å². The number of nitrogens with zero attached hydrogens (tertiary/aromatic N) is 4. The predicted molar refractivity (Wildman–Crippen MR) is 269 cm³/mol. The fourth-order valence-corrected chi connectivity index (χ4v) is 7.10. The molecule has 5 aromatic rings. The van der Waals surface area contributed by atoms with Gasteiger partial charge in [0.15, 0.2) is 11.6 Å². The van der Waals surface area contributed by atoms with E-state index in [4.69, 9.17) is 67.5 Å². The van der Waals surface area contributed by atoms with Crippen molar-refractivity contribution < 1.29 is 38.2 Å². The van der Waals surface area contributed by atoms with Gasteiger partial charge in [0.1, 0.15) is 22.9 Å². The Labute approximate surface area is 422 Å². The average Bonchev–Trinajstić information content (AvgIpc) is 3.31. The Bertz CT molecular complexity index is 2820. The Hall–Kier alpha value is -6.43. The highest BCUT2D eigenvalue weighted by molar-refractivity contribution is 6.33. The van der Waals surface area contributed by atoms with E-state index in [1.54, 1.807) is 57.2 Å². The second-order valence-electron chi connectivity index (χ2n) is 14.9. The lowest BCUT2D eigenvalue weighted by Crippen LogP contribution is -2.32. The van der Waals surface area contributed by atoms with Crippen LogP contribution in [0.2, 0.25) is 10.0 Å². The number of hydrogen-bond donors (Lipinski definition) is 4. The van der Waals surface area contributed by atoms with Crippen LogP contribution in [0.1, 0.15) is 77.4 Å². The van der Waals surface area contributed by atoms with Gasteiger partial charge in [0, 0.05) is 34.3 Å². The van der Waals surface area contributed by atoms with Crippen molar-refractivity contribution in [2.45, 2.75) is 63.8 Å². The van der Waals surface area contributed by atoms with Crippen LogP contribution in [0.4, 0.5) is 34.1 Å². The molecule has 0 radical (unpaired) electrons. The highest BCUT2D eigenvalue weighted by atomic mass is 35.5. The van der Waals surface area contributed by atoms with Crippen LogP contribution in [-0.2, 0) is 30.9 Å². The maximum atomic E-state index is 13.6. The molecule has 0 aliphatic rings. The third kappa shape index (κ3) is 14.5. The van der Waals surface area contributed by atoms with E-state index < -0.39 is 52.7 Å². The Morgan fingerprint density at radius 1 is 0.565 bits per heavy atom. The van der Waals surface area contributed by atoms with Crippen molar-refractivity contribution in [2.24, 2.45) is 20.5 Å². The minimum absolute atomic E-state index is 0.00560. The molecule has 21 heteroatoms. The molecular formula is C48H45Cl5N8O8. The van der Waals surface area contributed by atoms with Gasteiger partial charge in [-0.1, -0.05) is 35.3 Å². The smallest absolute Gasteiger partial charge is 0.258 e. The van der Waals surface area contributed by atoms with Crippen LogP contribution in [0.15, 0.2) is 111 Å². The van der Waals surface area contributed by atoms with Crippen molar-refractivity contribution in [3.8, 4) is 11.5 Å². The van der Waals surface area contributed by atoms with E-state index >= 15 is 0 Å². The van der Waals surface area contributed by atoms with E-state index in [9.17, 15) is 28.8 Å². The lowest BCUT2D eigenvalue weighted by atomic mass is 10.1. The number of carbonyl (C=O) groups is 6. The largest absolute Gasteiger partial charge is 0.492 e. The molecule has 4 N–H and O–H groups in total. The summed E-state index contributed by atoms with van der Waals surface area (Å²) in [4.78, 5) is 79.0. The number of Topliss-reactive ketones (excluding diaryl/α,β-unsaturated/α-hetero) is 2. The van der Waals surface area contributed by atoms with E-state index in [-0.39, 0.29) is 55.7 Å². The number of ether oxygens (including phenoxy) is 2. The minimum atomic E-state index is -1.65. The van der Waals surface area contributed by atoms with E-state index in [0.29, 0.717) is 41.7 Å². The van der Waals surface area contributed by atoms with E-state index in [1.165, 1.54) is 54.6 Å². The quantitative estimate of drug-likeness (QED) is 0.0314. The highest BCUT2D eigenvalue weighted by Crippen LogP contribution is 2.34. The fourth-order valence-electron chi connectivity index (χ4n) is 6.28. The molecule has 4 amide bonds. The summed E-state index contributed by atoms with van der Waals surface area (Å²) in [5, 5.41) is 26.3. The lowest BCUT2D eigenvalue weighted by Gasteiger charge is -2.17. The van der Waals surface area contributed by atoms with Crippen molar-refractivity contribution in [2.75, 3.05) is 34.5 Å². The number of anilines is 4. The molecule has 0 spiro atoms. The van der Waals surface area contributed by atoms with Gasteiger partial charge in [-0.3, -0.25) is 28.8 Å². The molecular weight excluding hydrogens is 994 g/mol. The van der Waals surface area contributed by atoms with Crippen LogP contribution in [0.5, 0.6) is 11.5 Å². The average molecular weight is 1040 g/mol. The molecule has 360 valence electrons. The van der Waals surface area contributed by atoms with Crippen molar-refractivity contribution in [1.29, 1.82) is 0 Å². The fraction of sp³-hybridized carbons (Fsp3) is 0.250. The molecule has 0 fully saturated rings. The topological polar surface area (TPSA) is 218 Å². The van der Waals surface area contributed by atoms with E-state index in [1.807, 2.05) is 0 Å². The zero-order chi connectivity index (χ0) is 50.4. The SMILES string of the molecule is CCOc1cc(CCl)ccc1NC(=O)c1ccc(Cl)c(N=NC(C(C)=O)C(=O)Nc2ccc(NC(=O)C(N=Nc3cc(C(=O)Nc4ccc(CCl)cc4OCC)ccc3Cl)C(C)=O)c(C(C)Cl)c2)c1. The molecule has 0 aromatic heterocycles. The molecule has 69 heavy (non-hydrogen) atoms.